The van der Waals surface area contributed by atoms with Crippen LogP contribution in [0.2, 0.25) is 0 Å². The van der Waals surface area contributed by atoms with Crippen molar-refractivity contribution in [1.29, 1.82) is 5.26 Å². The van der Waals surface area contributed by atoms with E-state index in [9.17, 15) is 0 Å². The Morgan fingerprint density at radius 3 is 1.31 bits per heavy atom. The Labute approximate surface area is 92.5 Å². The maximum atomic E-state index is 7.75. The van der Waals surface area contributed by atoms with E-state index in [0.29, 0.717) is 0 Å². The van der Waals surface area contributed by atoms with Crippen molar-refractivity contribution in [2.45, 2.75) is 20.8 Å². The number of hydrogen-bond acceptors (Lipinski definition) is 3. The van der Waals surface area contributed by atoms with E-state index < -0.39 is 0 Å². The fourth-order valence-electron chi connectivity index (χ4n) is 0. The second-order valence-corrected chi connectivity index (χ2v) is 1.71. The molecule has 0 aromatic rings. The fourth-order valence-corrected chi connectivity index (χ4v) is 0. The van der Waals surface area contributed by atoms with Gasteiger partial charge >= 0.3 is 25.7 Å². The van der Waals surface area contributed by atoms with Gasteiger partial charge in [0.1, 0.15) is 0 Å². The van der Waals surface area contributed by atoms with Crippen molar-refractivity contribution in [1.82, 2.24) is 0 Å². The third-order valence-corrected chi connectivity index (χ3v) is 0.0500. The van der Waals surface area contributed by atoms with Gasteiger partial charge < -0.3 is 20.4 Å². The molecule has 0 atom stereocenters. The summed E-state index contributed by atoms with van der Waals surface area (Å²) in [7, 11) is 0. The van der Waals surface area contributed by atoms with E-state index in [4.69, 9.17) is 21.4 Å². The molecule has 0 aliphatic heterocycles. The Kier molecular flexibility index (Phi) is 159. The molecule has 0 N–H and O–H groups in total. The molecule has 0 saturated heterocycles. The summed E-state index contributed by atoms with van der Waals surface area (Å²) in [5, 5.41) is 7.27. The topological polar surface area (TPSA) is 62.3 Å². The molecular weight excluding hydrogens is 257 g/mol. The molecule has 0 aromatic heterocycles. The third kappa shape index (κ3) is 273000. The zero-order chi connectivity index (χ0) is 11.0. The standard InChI is InChI=1S/C4H9.C2N2.2CHO.Ru/c1-4(2)3;1-4-2-3;2*1-2;/h1-3H3;;2*1H;/q-1;;2*-1;+4. The Balaban J connectivity index is -0.0000000226. The first kappa shape index (κ1) is 29.7. The molecule has 0 aromatic carbocycles. The minimum atomic E-state index is 0. The first-order chi connectivity index (χ1) is 5.65. The van der Waals surface area contributed by atoms with Crippen LogP contribution >= 0.6 is 0 Å². The third-order valence-electron chi connectivity index (χ3n) is 0.0500. The SMILES string of the molecule is C[C-](C)C.[C-]#[N+]C#N.[CH-]=O.[CH-]=O.[Ru+4]. The molecule has 0 fully saturated rings. The average Bonchev–Trinajstić information content (AvgIpc) is 2.10. The van der Waals surface area contributed by atoms with Gasteiger partial charge in [0.2, 0.25) is 0 Å². The number of hydrogen-bond donors (Lipinski definition) is 0. The van der Waals surface area contributed by atoms with E-state index in [1.165, 1.54) is 12.1 Å². The van der Waals surface area contributed by atoms with E-state index in [2.05, 4.69) is 39.2 Å². The van der Waals surface area contributed by atoms with E-state index in [-0.39, 0.29) is 19.5 Å². The second kappa shape index (κ2) is 69.6. The van der Waals surface area contributed by atoms with Crippen molar-refractivity contribution < 1.29 is 29.1 Å². The van der Waals surface area contributed by atoms with Crippen LogP contribution in [-0.4, -0.2) is 13.6 Å². The summed E-state index contributed by atoms with van der Waals surface area (Å²) < 4.78 is 0. The van der Waals surface area contributed by atoms with Crippen LogP contribution in [0.25, 0.3) is 4.85 Å². The van der Waals surface area contributed by atoms with E-state index >= 15 is 0 Å². The Bertz CT molecular complexity index is 121. The zero-order valence-electron chi connectivity index (χ0n) is 7.72. The van der Waals surface area contributed by atoms with Crippen molar-refractivity contribution >= 4 is 13.6 Å². The van der Waals surface area contributed by atoms with Crippen LogP contribution < -0.4 is 0 Å². The molecule has 0 heterocycles. The normalized spacial score (nSPS) is 4.15. The van der Waals surface area contributed by atoms with Gasteiger partial charge in [-0.15, -0.1) is 0 Å². The van der Waals surface area contributed by atoms with Crippen LogP contribution in [0, 0.1) is 23.9 Å². The maximum absolute atomic E-state index is 7.75. The molecular formula is C8H11N2O2Ru+. The smallest absolute Gasteiger partial charge is 0.545 e. The van der Waals surface area contributed by atoms with Gasteiger partial charge in [-0.2, -0.15) is 20.8 Å². The van der Waals surface area contributed by atoms with Gasteiger partial charge in [-0.1, -0.05) is 6.57 Å². The predicted octanol–water partition coefficient (Wildman–Crippen LogP) is 1.46. The van der Waals surface area contributed by atoms with Gasteiger partial charge in [0.05, 0.1) is 0 Å². The van der Waals surface area contributed by atoms with Gasteiger partial charge in [0.25, 0.3) is 0 Å². The molecule has 0 bridgehead atoms. The van der Waals surface area contributed by atoms with Crippen LogP contribution in [0.4, 0.5) is 0 Å². The monoisotopic (exact) mass is 269 g/mol. The van der Waals surface area contributed by atoms with Gasteiger partial charge in [-0.05, 0) is 0 Å². The molecule has 0 rings (SSSR count). The Morgan fingerprint density at radius 2 is 1.31 bits per heavy atom. The van der Waals surface area contributed by atoms with Crippen molar-refractivity contribution in [3.63, 3.8) is 0 Å². The maximum Gasteiger partial charge on any atom is 4.00 e. The molecule has 13 heavy (non-hydrogen) atoms. The molecule has 72 valence electrons. The number of carbonyl (C=O) groups excluding carboxylic acids is 2. The largest absolute Gasteiger partial charge is 4.00 e. The van der Waals surface area contributed by atoms with Crippen LogP contribution in [0.5, 0.6) is 0 Å². The van der Waals surface area contributed by atoms with Crippen molar-refractivity contribution in [3.05, 3.63) is 17.3 Å². The quantitative estimate of drug-likeness (QED) is 0.289. The predicted molar refractivity (Wildman–Crippen MR) is 46.0 cm³/mol. The Morgan fingerprint density at radius 1 is 1.23 bits per heavy atom. The van der Waals surface area contributed by atoms with Crippen molar-refractivity contribution in [3.8, 4) is 6.19 Å². The molecule has 0 amide bonds. The van der Waals surface area contributed by atoms with Crippen LogP contribution in [0.1, 0.15) is 20.8 Å². The average molecular weight is 268 g/mol. The fraction of sp³-hybridized carbons (Fsp3) is 0.375. The summed E-state index contributed by atoms with van der Waals surface area (Å²) >= 11 is 0. The van der Waals surface area contributed by atoms with Gasteiger partial charge in [-0.25, -0.2) is 0 Å². The number of rotatable bonds is 0. The molecule has 4 nitrogen and oxygen atoms in total. The minimum absolute atomic E-state index is 0. The van der Waals surface area contributed by atoms with Crippen LogP contribution in [-0.2, 0) is 29.1 Å². The molecule has 0 radical (unpaired) electrons. The van der Waals surface area contributed by atoms with Gasteiger partial charge in [0, 0.05) is 5.26 Å². The Hall–Kier alpha value is -1.06. The summed E-state index contributed by atoms with van der Waals surface area (Å²) in [5.41, 5.74) is 0. The molecule has 0 aliphatic carbocycles. The molecule has 0 saturated carbocycles. The van der Waals surface area contributed by atoms with Crippen LogP contribution in [0.3, 0.4) is 0 Å². The van der Waals surface area contributed by atoms with Gasteiger partial charge in [0.15, 0.2) is 0 Å². The number of nitrogens with zero attached hydrogens (tertiary/aromatic N) is 2. The minimum Gasteiger partial charge on any atom is -0.545 e. The van der Waals surface area contributed by atoms with E-state index in [1.807, 2.05) is 0 Å². The first-order valence-corrected chi connectivity index (χ1v) is 2.64. The first-order valence-electron chi connectivity index (χ1n) is 2.64. The summed E-state index contributed by atoms with van der Waals surface area (Å²) in [6, 6.07) is 0. The molecule has 0 aliphatic rings. The molecule has 5 heteroatoms. The zero-order valence-corrected chi connectivity index (χ0v) is 9.46. The number of nitriles is 1. The van der Waals surface area contributed by atoms with Crippen molar-refractivity contribution in [2.24, 2.45) is 0 Å². The second-order valence-electron chi connectivity index (χ2n) is 1.71. The van der Waals surface area contributed by atoms with E-state index in [1.54, 1.807) is 0 Å². The van der Waals surface area contributed by atoms with Crippen molar-refractivity contribution in [2.75, 3.05) is 0 Å². The summed E-state index contributed by atoms with van der Waals surface area (Å²) in [5.74, 6) is 1.42. The molecule has 0 unspecified atom stereocenters. The van der Waals surface area contributed by atoms with E-state index in [0.717, 1.165) is 0 Å². The summed E-state index contributed by atoms with van der Waals surface area (Å²) in [6.45, 7) is 18.5. The van der Waals surface area contributed by atoms with Crippen LogP contribution in [0.15, 0.2) is 0 Å². The van der Waals surface area contributed by atoms with Gasteiger partial charge in [-0.3, -0.25) is 13.6 Å². The summed E-state index contributed by atoms with van der Waals surface area (Å²) in [6.07, 6.45) is 1.22. The summed E-state index contributed by atoms with van der Waals surface area (Å²) in [4.78, 5) is 17.8. The molecule has 0 spiro atoms.